The summed E-state index contributed by atoms with van der Waals surface area (Å²) in [4.78, 5) is 17.7. The summed E-state index contributed by atoms with van der Waals surface area (Å²) in [5.74, 6) is -0.225. The van der Waals surface area contributed by atoms with Crippen molar-refractivity contribution < 1.29 is 4.39 Å². The molecule has 0 spiro atoms. The minimum absolute atomic E-state index is 0.0656. The van der Waals surface area contributed by atoms with Crippen LogP contribution < -0.4 is 4.87 Å². The monoisotopic (exact) mass is 294 g/mol. The number of hydrogen-bond acceptors (Lipinski definition) is 3. The van der Waals surface area contributed by atoms with E-state index in [1.807, 2.05) is 0 Å². The van der Waals surface area contributed by atoms with Crippen molar-refractivity contribution >= 4 is 11.3 Å². The predicted octanol–water partition coefficient (Wildman–Crippen LogP) is 3.39. The highest BCUT2D eigenvalue weighted by Gasteiger charge is 2.13. The van der Waals surface area contributed by atoms with Crippen molar-refractivity contribution in [3.8, 4) is 11.3 Å². The molecular weight excluding hydrogens is 275 g/mol. The molecule has 2 aromatic rings. The number of thiazole rings is 1. The lowest BCUT2D eigenvalue weighted by Gasteiger charge is -2.17. The molecule has 0 aliphatic carbocycles. The maximum Gasteiger partial charge on any atom is 0.305 e. The summed E-state index contributed by atoms with van der Waals surface area (Å²) in [6.45, 7) is 8.53. The van der Waals surface area contributed by atoms with Gasteiger partial charge in [0.2, 0.25) is 0 Å². The summed E-state index contributed by atoms with van der Waals surface area (Å²) in [7, 11) is 0. The molecule has 1 aromatic carbocycles. The highest BCUT2D eigenvalue weighted by molar-refractivity contribution is 7.09. The fourth-order valence-corrected chi connectivity index (χ4v) is 3.05. The number of H-pyrrole nitrogens is 1. The molecular formula is C15H19FN2OS. The van der Waals surface area contributed by atoms with Crippen LogP contribution >= 0.6 is 11.3 Å². The second-order valence-corrected chi connectivity index (χ2v) is 5.81. The minimum atomic E-state index is -0.225. The van der Waals surface area contributed by atoms with E-state index in [4.69, 9.17) is 0 Å². The smallest absolute Gasteiger partial charge is 0.305 e. The van der Waals surface area contributed by atoms with Gasteiger partial charge in [-0.25, -0.2) is 4.39 Å². The van der Waals surface area contributed by atoms with Gasteiger partial charge in [0.25, 0.3) is 0 Å². The lowest BCUT2D eigenvalue weighted by atomic mass is 10.1. The van der Waals surface area contributed by atoms with Crippen molar-refractivity contribution in [1.82, 2.24) is 9.88 Å². The molecule has 0 unspecified atom stereocenters. The van der Waals surface area contributed by atoms with Gasteiger partial charge >= 0.3 is 4.87 Å². The zero-order valence-electron chi connectivity index (χ0n) is 12.0. The molecule has 0 bridgehead atoms. The lowest BCUT2D eigenvalue weighted by Crippen LogP contribution is -2.21. The van der Waals surface area contributed by atoms with E-state index < -0.39 is 0 Å². The molecule has 1 N–H and O–H groups in total. The van der Waals surface area contributed by atoms with Crippen LogP contribution in [0.25, 0.3) is 11.3 Å². The van der Waals surface area contributed by atoms with Crippen molar-refractivity contribution in [2.24, 2.45) is 0 Å². The van der Waals surface area contributed by atoms with Gasteiger partial charge in [0.05, 0.1) is 5.69 Å². The van der Waals surface area contributed by atoms with Crippen LogP contribution in [0.3, 0.4) is 0 Å². The molecule has 3 nitrogen and oxygen atoms in total. The quantitative estimate of drug-likeness (QED) is 0.917. The Morgan fingerprint density at radius 3 is 2.60 bits per heavy atom. The highest BCUT2D eigenvalue weighted by atomic mass is 32.1. The Morgan fingerprint density at radius 2 is 2.00 bits per heavy atom. The third-order valence-corrected chi connectivity index (χ3v) is 4.30. The summed E-state index contributed by atoms with van der Waals surface area (Å²) in [5, 5.41) is 0. The molecule has 1 aromatic heterocycles. The standard InChI is InChI=1S/C15H19FN2OS/c1-4-18(5-2)9-13-14(17-15(19)20-13)11-6-7-12(16)10(3)8-11/h6-8H,4-5,9H2,1-3H3,(H,17,19). The Morgan fingerprint density at radius 1 is 1.30 bits per heavy atom. The molecule has 1 heterocycles. The van der Waals surface area contributed by atoms with Gasteiger partial charge in [-0.05, 0) is 49.3 Å². The predicted molar refractivity (Wildman–Crippen MR) is 81.7 cm³/mol. The molecule has 20 heavy (non-hydrogen) atoms. The number of aromatic amines is 1. The fraction of sp³-hybridized carbons (Fsp3) is 0.400. The van der Waals surface area contributed by atoms with Gasteiger partial charge in [-0.1, -0.05) is 25.2 Å². The van der Waals surface area contributed by atoms with Crippen molar-refractivity contribution in [1.29, 1.82) is 0 Å². The number of rotatable bonds is 5. The number of halogens is 1. The molecule has 0 saturated carbocycles. The summed E-state index contributed by atoms with van der Waals surface area (Å²) in [6, 6.07) is 4.94. The van der Waals surface area contributed by atoms with Crippen molar-refractivity contribution in [3.63, 3.8) is 0 Å². The van der Waals surface area contributed by atoms with E-state index in [2.05, 4.69) is 23.7 Å². The van der Waals surface area contributed by atoms with Gasteiger partial charge < -0.3 is 4.98 Å². The Bertz CT molecular complexity index is 644. The first-order chi connectivity index (χ1) is 9.55. The number of aryl methyl sites for hydroxylation is 1. The van der Waals surface area contributed by atoms with Crippen LogP contribution in [0.5, 0.6) is 0 Å². The molecule has 0 aliphatic heterocycles. The van der Waals surface area contributed by atoms with Crippen LogP contribution in [0.4, 0.5) is 4.39 Å². The van der Waals surface area contributed by atoms with E-state index in [9.17, 15) is 9.18 Å². The van der Waals surface area contributed by atoms with E-state index in [0.717, 1.165) is 35.8 Å². The number of nitrogens with one attached hydrogen (secondary N) is 1. The van der Waals surface area contributed by atoms with E-state index in [1.54, 1.807) is 19.1 Å². The van der Waals surface area contributed by atoms with Crippen LogP contribution in [0.1, 0.15) is 24.3 Å². The highest BCUT2D eigenvalue weighted by Crippen LogP contribution is 2.26. The molecule has 0 amide bonds. The number of nitrogens with zero attached hydrogens (tertiary/aromatic N) is 1. The number of hydrogen-bond donors (Lipinski definition) is 1. The summed E-state index contributed by atoms with van der Waals surface area (Å²) >= 11 is 1.23. The molecule has 0 saturated heterocycles. The first kappa shape index (κ1) is 14.9. The van der Waals surface area contributed by atoms with E-state index >= 15 is 0 Å². The van der Waals surface area contributed by atoms with E-state index in [-0.39, 0.29) is 10.7 Å². The van der Waals surface area contributed by atoms with Crippen molar-refractivity contribution in [2.75, 3.05) is 13.1 Å². The number of benzene rings is 1. The molecule has 0 aliphatic rings. The minimum Gasteiger partial charge on any atom is -0.312 e. The largest absolute Gasteiger partial charge is 0.312 e. The van der Waals surface area contributed by atoms with Crippen molar-refractivity contribution in [2.45, 2.75) is 27.3 Å². The summed E-state index contributed by atoms with van der Waals surface area (Å²) < 4.78 is 13.4. The zero-order valence-corrected chi connectivity index (χ0v) is 12.8. The Labute approximate surface area is 122 Å². The SMILES string of the molecule is CCN(CC)Cc1sc(=O)[nH]c1-c1ccc(F)c(C)c1. The van der Waals surface area contributed by atoms with Gasteiger partial charge in [0, 0.05) is 11.4 Å². The second-order valence-electron chi connectivity index (χ2n) is 4.74. The van der Waals surface area contributed by atoms with Gasteiger partial charge in [0.15, 0.2) is 0 Å². The lowest BCUT2D eigenvalue weighted by molar-refractivity contribution is 0.298. The molecule has 5 heteroatoms. The van der Waals surface area contributed by atoms with E-state index in [0.29, 0.717) is 5.56 Å². The summed E-state index contributed by atoms with van der Waals surface area (Å²) in [5.41, 5.74) is 2.27. The number of aromatic nitrogens is 1. The van der Waals surface area contributed by atoms with Gasteiger partial charge in [-0.15, -0.1) is 0 Å². The van der Waals surface area contributed by atoms with Gasteiger partial charge in [-0.3, -0.25) is 9.69 Å². The molecule has 108 valence electrons. The normalized spacial score (nSPS) is 11.2. The van der Waals surface area contributed by atoms with Gasteiger partial charge in [0.1, 0.15) is 5.82 Å². The van der Waals surface area contributed by atoms with Crippen LogP contribution in [0, 0.1) is 12.7 Å². The fourth-order valence-electron chi connectivity index (χ4n) is 2.16. The maximum atomic E-state index is 13.4. The Kier molecular flexibility index (Phi) is 4.73. The molecule has 2 rings (SSSR count). The van der Waals surface area contributed by atoms with Crippen molar-refractivity contribution in [3.05, 3.63) is 44.1 Å². The molecule has 0 atom stereocenters. The molecule has 0 radical (unpaired) electrons. The Hall–Kier alpha value is -1.46. The van der Waals surface area contributed by atoms with Crippen LogP contribution in [-0.4, -0.2) is 23.0 Å². The Balaban J connectivity index is 2.41. The third-order valence-electron chi connectivity index (χ3n) is 3.43. The van der Waals surface area contributed by atoms with Gasteiger partial charge in [-0.2, -0.15) is 0 Å². The summed E-state index contributed by atoms with van der Waals surface area (Å²) in [6.07, 6.45) is 0. The average Bonchev–Trinajstić information content (AvgIpc) is 2.80. The van der Waals surface area contributed by atoms with Crippen LogP contribution in [0.15, 0.2) is 23.0 Å². The first-order valence-corrected chi connectivity index (χ1v) is 7.57. The molecule has 0 fully saturated rings. The topological polar surface area (TPSA) is 36.1 Å². The average molecular weight is 294 g/mol. The maximum absolute atomic E-state index is 13.4. The second kappa shape index (κ2) is 6.33. The third kappa shape index (κ3) is 3.16. The first-order valence-electron chi connectivity index (χ1n) is 6.76. The van der Waals surface area contributed by atoms with Crippen LogP contribution in [-0.2, 0) is 6.54 Å². The van der Waals surface area contributed by atoms with Crippen LogP contribution in [0.2, 0.25) is 0 Å². The van der Waals surface area contributed by atoms with E-state index in [1.165, 1.54) is 17.4 Å². The zero-order chi connectivity index (χ0) is 14.7.